The van der Waals surface area contributed by atoms with Gasteiger partial charge in [-0.15, -0.1) is 0 Å². The normalized spacial score (nSPS) is 21.5. The van der Waals surface area contributed by atoms with E-state index in [-0.39, 0.29) is 30.1 Å². The molecule has 2 amide bonds. The molecule has 1 aliphatic heterocycles. The summed E-state index contributed by atoms with van der Waals surface area (Å²) in [5.74, 6) is -0.603. The maximum atomic E-state index is 12.7. The third-order valence-electron chi connectivity index (χ3n) is 5.43. The van der Waals surface area contributed by atoms with E-state index in [0.717, 1.165) is 31.2 Å². The van der Waals surface area contributed by atoms with E-state index in [9.17, 15) is 14.4 Å². The standard InChI is InChI=1S/C22H20ClNO4/c23-15-7-5-14(6-8-15)13-20(25)28-17-11-9-16(10-12-17)24-21(26)18-3-1-2-4-19(18)22(24)27/h5-12,18-19H,1-4,13H2/t18-,19-/m0/s1. The highest BCUT2D eigenvalue weighted by molar-refractivity contribution is 6.30. The van der Waals surface area contributed by atoms with Crippen molar-refractivity contribution in [3.05, 3.63) is 59.1 Å². The molecule has 0 spiro atoms. The van der Waals surface area contributed by atoms with Crippen LogP contribution in [0.1, 0.15) is 31.2 Å². The lowest BCUT2D eigenvalue weighted by Gasteiger charge is -2.19. The molecule has 2 aromatic rings. The van der Waals surface area contributed by atoms with Crippen LogP contribution in [0.3, 0.4) is 0 Å². The molecule has 2 aliphatic rings. The van der Waals surface area contributed by atoms with Crippen LogP contribution in [0.5, 0.6) is 5.75 Å². The van der Waals surface area contributed by atoms with Gasteiger partial charge < -0.3 is 4.74 Å². The minimum absolute atomic E-state index is 0.109. The van der Waals surface area contributed by atoms with Crippen LogP contribution >= 0.6 is 11.6 Å². The first-order chi connectivity index (χ1) is 13.5. The van der Waals surface area contributed by atoms with E-state index in [4.69, 9.17) is 16.3 Å². The van der Waals surface area contributed by atoms with E-state index in [2.05, 4.69) is 0 Å². The summed E-state index contributed by atoms with van der Waals surface area (Å²) in [7, 11) is 0. The fourth-order valence-corrected chi connectivity index (χ4v) is 4.14. The number of imide groups is 1. The molecule has 144 valence electrons. The molecule has 0 radical (unpaired) electrons. The molecule has 2 atom stereocenters. The summed E-state index contributed by atoms with van der Waals surface area (Å²) in [5, 5.41) is 0.610. The fourth-order valence-electron chi connectivity index (χ4n) is 4.02. The van der Waals surface area contributed by atoms with Gasteiger partial charge in [-0.3, -0.25) is 19.3 Å². The van der Waals surface area contributed by atoms with Crippen molar-refractivity contribution in [3.63, 3.8) is 0 Å². The Hall–Kier alpha value is -2.66. The topological polar surface area (TPSA) is 63.7 Å². The Balaban J connectivity index is 1.42. The van der Waals surface area contributed by atoms with Gasteiger partial charge in [0, 0.05) is 5.02 Å². The van der Waals surface area contributed by atoms with Gasteiger partial charge in [0.15, 0.2) is 0 Å². The van der Waals surface area contributed by atoms with Gasteiger partial charge in [0.2, 0.25) is 11.8 Å². The van der Waals surface area contributed by atoms with Gasteiger partial charge in [0.1, 0.15) is 5.75 Å². The first-order valence-corrected chi connectivity index (χ1v) is 9.84. The number of ether oxygens (including phenoxy) is 1. The predicted molar refractivity (Wildman–Crippen MR) is 105 cm³/mol. The molecular weight excluding hydrogens is 378 g/mol. The molecule has 1 heterocycles. The van der Waals surface area contributed by atoms with E-state index in [1.165, 1.54) is 4.90 Å². The maximum Gasteiger partial charge on any atom is 0.315 e. The second-order valence-electron chi connectivity index (χ2n) is 7.28. The molecule has 1 saturated carbocycles. The molecular formula is C22H20ClNO4. The molecule has 0 unspecified atom stereocenters. The van der Waals surface area contributed by atoms with Crippen LogP contribution in [0.4, 0.5) is 5.69 Å². The van der Waals surface area contributed by atoms with Crippen molar-refractivity contribution in [1.82, 2.24) is 0 Å². The smallest absolute Gasteiger partial charge is 0.315 e. The Labute approximate surface area is 168 Å². The molecule has 28 heavy (non-hydrogen) atoms. The first-order valence-electron chi connectivity index (χ1n) is 9.46. The zero-order valence-corrected chi connectivity index (χ0v) is 16.0. The largest absolute Gasteiger partial charge is 0.426 e. The van der Waals surface area contributed by atoms with Crippen molar-refractivity contribution in [3.8, 4) is 5.75 Å². The number of carbonyl (C=O) groups is 3. The van der Waals surface area contributed by atoms with Crippen molar-refractivity contribution in [2.75, 3.05) is 4.90 Å². The Bertz CT molecular complexity index is 883. The maximum absolute atomic E-state index is 12.7. The van der Waals surface area contributed by atoms with Crippen LogP contribution < -0.4 is 9.64 Å². The van der Waals surface area contributed by atoms with Crippen molar-refractivity contribution >= 4 is 35.1 Å². The number of anilines is 1. The van der Waals surface area contributed by atoms with Crippen molar-refractivity contribution in [2.45, 2.75) is 32.1 Å². The Morgan fingerprint density at radius 2 is 1.50 bits per heavy atom. The summed E-state index contributed by atoms with van der Waals surface area (Å²) in [6.45, 7) is 0. The second kappa shape index (κ2) is 7.76. The summed E-state index contributed by atoms with van der Waals surface area (Å²) < 4.78 is 5.35. The van der Waals surface area contributed by atoms with E-state index < -0.39 is 5.97 Å². The first kappa shape index (κ1) is 18.7. The zero-order chi connectivity index (χ0) is 19.7. The van der Waals surface area contributed by atoms with Crippen molar-refractivity contribution in [1.29, 1.82) is 0 Å². The van der Waals surface area contributed by atoms with Crippen LogP contribution in [-0.4, -0.2) is 17.8 Å². The highest BCUT2D eigenvalue weighted by atomic mass is 35.5. The molecule has 5 nitrogen and oxygen atoms in total. The van der Waals surface area contributed by atoms with Gasteiger partial charge >= 0.3 is 5.97 Å². The van der Waals surface area contributed by atoms with Gasteiger partial charge in [-0.05, 0) is 54.8 Å². The molecule has 0 N–H and O–H groups in total. The summed E-state index contributed by atoms with van der Waals surface area (Å²) in [6, 6.07) is 13.5. The molecule has 2 aromatic carbocycles. The Morgan fingerprint density at radius 3 is 2.07 bits per heavy atom. The van der Waals surface area contributed by atoms with Crippen molar-refractivity contribution in [2.24, 2.45) is 11.8 Å². The van der Waals surface area contributed by atoms with E-state index in [1.54, 1.807) is 48.5 Å². The quantitative estimate of drug-likeness (QED) is 0.441. The Kier molecular flexibility index (Phi) is 5.18. The lowest BCUT2D eigenvalue weighted by atomic mass is 9.81. The number of carbonyl (C=O) groups excluding carboxylic acids is 3. The monoisotopic (exact) mass is 397 g/mol. The molecule has 6 heteroatoms. The molecule has 0 bridgehead atoms. The summed E-state index contributed by atoms with van der Waals surface area (Å²) in [5.41, 5.74) is 1.34. The number of nitrogens with zero attached hydrogens (tertiary/aromatic N) is 1. The highest BCUT2D eigenvalue weighted by Crippen LogP contribution is 2.40. The van der Waals surface area contributed by atoms with Crippen LogP contribution in [0.25, 0.3) is 0 Å². The Morgan fingerprint density at radius 1 is 0.929 bits per heavy atom. The van der Waals surface area contributed by atoms with Crippen LogP contribution in [0.2, 0.25) is 5.02 Å². The number of halogens is 1. The van der Waals surface area contributed by atoms with Crippen LogP contribution in [0.15, 0.2) is 48.5 Å². The SMILES string of the molecule is O=C(Cc1ccc(Cl)cc1)Oc1ccc(N2C(=O)[C@H]3CCCC[C@@H]3C2=O)cc1. The molecule has 1 saturated heterocycles. The predicted octanol–water partition coefficient (Wildman–Crippen LogP) is 4.17. The number of rotatable bonds is 4. The third-order valence-corrected chi connectivity index (χ3v) is 5.68. The number of amides is 2. The van der Waals surface area contributed by atoms with E-state index in [1.807, 2.05) is 0 Å². The van der Waals surface area contributed by atoms with E-state index in [0.29, 0.717) is 16.5 Å². The summed E-state index contributed by atoms with van der Waals surface area (Å²) in [4.78, 5) is 38.7. The lowest BCUT2D eigenvalue weighted by Crippen LogP contribution is -2.30. The second-order valence-corrected chi connectivity index (χ2v) is 7.72. The average molecular weight is 398 g/mol. The minimum Gasteiger partial charge on any atom is -0.426 e. The lowest BCUT2D eigenvalue weighted by molar-refractivity contribution is -0.133. The molecule has 2 fully saturated rings. The summed E-state index contributed by atoms with van der Waals surface area (Å²) in [6.07, 6.45) is 3.69. The number of hydrogen-bond donors (Lipinski definition) is 0. The van der Waals surface area contributed by atoms with Crippen LogP contribution in [-0.2, 0) is 20.8 Å². The fraction of sp³-hybridized carbons (Fsp3) is 0.318. The van der Waals surface area contributed by atoms with Gasteiger partial charge in [-0.2, -0.15) is 0 Å². The van der Waals surface area contributed by atoms with Gasteiger partial charge in [0.05, 0.1) is 23.9 Å². The third kappa shape index (κ3) is 3.67. The molecule has 1 aliphatic carbocycles. The van der Waals surface area contributed by atoms with E-state index >= 15 is 0 Å². The summed E-state index contributed by atoms with van der Waals surface area (Å²) >= 11 is 5.84. The average Bonchev–Trinajstić information content (AvgIpc) is 2.95. The van der Waals surface area contributed by atoms with Crippen molar-refractivity contribution < 1.29 is 19.1 Å². The highest BCUT2D eigenvalue weighted by Gasteiger charge is 2.48. The number of hydrogen-bond acceptors (Lipinski definition) is 4. The molecule has 4 rings (SSSR count). The zero-order valence-electron chi connectivity index (χ0n) is 15.3. The van der Waals surface area contributed by atoms with Gasteiger partial charge in [-0.25, -0.2) is 0 Å². The number of fused-ring (bicyclic) bond motifs is 1. The van der Waals surface area contributed by atoms with Crippen LogP contribution in [0, 0.1) is 11.8 Å². The number of esters is 1. The minimum atomic E-state index is -0.394. The van der Waals surface area contributed by atoms with Gasteiger partial charge in [0.25, 0.3) is 0 Å². The number of benzene rings is 2. The molecule has 0 aromatic heterocycles. The van der Waals surface area contributed by atoms with Gasteiger partial charge in [-0.1, -0.05) is 36.6 Å².